The zero-order valence-electron chi connectivity index (χ0n) is 8.31. The monoisotopic (exact) mass is 191 g/mol. The first-order chi connectivity index (χ1) is 6.85. The molecule has 0 unspecified atom stereocenters. The van der Waals surface area contributed by atoms with E-state index in [0.717, 1.165) is 11.7 Å². The van der Waals surface area contributed by atoms with E-state index in [1.54, 1.807) is 14.2 Å². The van der Waals surface area contributed by atoms with Crippen molar-refractivity contribution in [2.75, 3.05) is 14.2 Å². The van der Waals surface area contributed by atoms with Gasteiger partial charge in [-0.25, -0.2) is 4.99 Å². The lowest BCUT2D eigenvalue weighted by atomic mass is 9.99. The van der Waals surface area contributed by atoms with Crippen molar-refractivity contribution in [3.05, 3.63) is 36.1 Å². The van der Waals surface area contributed by atoms with Gasteiger partial charge in [-0.3, -0.25) is 0 Å². The minimum absolute atomic E-state index is 0.0335. The molecular formula is C11H13NO2. The summed E-state index contributed by atoms with van der Waals surface area (Å²) < 4.78 is 10.5. The minimum Gasteiger partial charge on any atom is -0.500 e. The van der Waals surface area contributed by atoms with Crippen LogP contribution in [0, 0.1) is 5.92 Å². The molecule has 74 valence electrons. The number of aliphatic imine (C=N–C) groups is 1. The average Bonchev–Trinajstić information content (AvgIpc) is 2.19. The van der Waals surface area contributed by atoms with Gasteiger partial charge in [-0.2, -0.15) is 0 Å². The molecule has 0 aromatic heterocycles. The Hall–Kier alpha value is -1.51. The lowest BCUT2D eigenvalue weighted by Gasteiger charge is -2.23. The molecule has 0 saturated carbocycles. The van der Waals surface area contributed by atoms with Crippen molar-refractivity contribution in [2.24, 2.45) is 10.9 Å². The molecule has 0 radical (unpaired) electrons. The number of nitrogens with zero attached hydrogens (tertiary/aromatic N) is 1. The molecule has 3 nitrogen and oxygen atoms in total. The van der Waals surface area contributed by atoms with Crippen LogP contribution < -0.4 is 0 Å². The molecule has 0 spiro atoms. The fourth-order valence-corrected chi connectivity index (χ4v) is 1.64. The van der Waals surface area contributed by atoms with Crippen molar-refractivity contribution >= 4 is 5.90 Å². The highest BCUT2D eigenvalue weighted by molar-refractivity contribution is 5.84. The van der Waals surface area contributed by atoms with Crippen LogP contribution in [0.5, 0.6) is 0 Å². The van der Waals surface area contributed by atoms with Crippen molar-refractivity contribution in [2.45, 2.75) is 6.04 Å². The van der Waals surface area contributed by atoms with Crippen molar-refractivity contribution in [3.8, 4) is 0 Å². The third kappa shape index (κ3) is 1.45. The van der Waals surface area contributed by atoms with Gasteiger partial charge in [0, 0.05) is 0 Å². The van der Waals surface area contributed by atoms with Crippen LogP contribution in [0.15, 0.2) is 41.1 Å². The number of ether oxygens (including phenoxy) is 2. The lowest BCUT2D eigenvalue weighted by molar-refractivity contribution is 0.258. The molecule has 2 atom stereocenters. The highest BCUT2D eigenvalue weighted by Crippen LogP contribution is 2.24. The van der Waals surface area contributed by atoms with Gasteiger partial charge in [0.1, 0.15) is 11.7 Å². The summed E-state index contributed by atoms with van der Waals surface area (Å²) in [6, 6.07) is 0.107. The van der Waals surface area contributed by atoms with Gasteiger partial charge in [0.05, 0.1) is 20.3 Å². The molecule has 0 saturated heterocycles. The quantitative estimate of drug-likeness (QED) is 0.590. The van der Waals surface area contributed by atoms with Gasteiger partial charge in [0.25, 0.3) is 0 Å². The zero-order valence-corrected chi connectivity index (χ0v) is 8.31. The van der Waals surface area contributed by atoms with Crippen molar-refractivity contribution in [1.29, 1.82) is 0 Å². The van der Waals surface area contributed by atoms with Crippen LogP contribution >= 0.6 is 0 Å². The summed E-state index contributed by atoms with van der Waals surface area (Å²) in [6.07, 6.45) is 10.0. The first-order valence-electron chi connectivity index (χ1n) is 4.57. The first-order valence-corrected chi connectivity index (χ1v) is 4.57. The van der Waals surface area contributed by atoms with Gasteiger partial charge < -0.3 is 9.47 Å². The van der Waals surface area contributed by atoms with Gasteiger partial charge in [-0.05, 0) is 6.08 Å². The first kappa shape index (κ1) is 9.06. The third-order valence-electron chi connectivity index (χ3n) is 2.36. The molecule has 2 aliphatic heterocycles. The van der Waals surface area contributed by atoms with Crippen LogP contribution in [-0.2, 0) is 9.47 Å². The summed E-state index contributed by atoms with van der Waals surface area (Å²) in [4.78, 5) is 4.42. The van der Waals surface area contributed by atoms with Gasteiger partial charge in [0.2, 0.25) is 0 Å². The molecule has 0 aromatic carbocycles. The fourth-order valence-electron chi connectivity index (χ4n) is 1.64. The maximum absolute atomic E-state index is 5.28. The molecule has 2 heterocycles. The van der Waals surface area contributed by atoms with Crippen molar-refractivity contribution < 1.29 is 9.47 Å². The Kier molecular flexibility index (Phi) is 2.39. The summed E-state index contributed by atoms with van der Waals surface area (Å²) in [5.41, 5.74) is 0. The fraction of sp³-hybridized carbons (Fsp3) is 0.364. The Bertz CT molecular complexity index is 339. The normalized spacial score (nSPS) is 29.0. The number of rotatable bonds is 1. The second-order valence-corrected chi connectivity index (χ2v) is 3.18. The maximum atomic E-state index is 5.28. The van der Waals surface area contributed by atoms with E-state index >= 15 is 0 Å². The average molecular weight is 191 g/mol. The summed E-state index contributed by atoms with van der Waals surface area (Å²) in [5.74, 6) is 1.61. The van der Waals surface area contributed by atoms with Gasteiger partial charge >= 0.3 is 0 Å². The maximum Gasteiger partial charge on any atom is 0.198 e. The number of fused-ring (bicyclic) bond motifs is 1. The smallest absolute Gasteiger partial charge is 0.198 e. The number of dihydropyridines is 1. The molecule has 2 bridgehead atoms. The number of hydrogen-bond donors (Lipinski definition) is 0. The Morgan fingerprint density at radius 1 is 1.14 bits per heavy atom. The van der Waals surface area contributed by atoms with Crippen molar-refractivity contribution in [3.63, 3.8) is 0 Å². The molecule has 3 heteroatoms. The second-order valence-electron chi connectivity index (χ2n) is 3.18. The highest BCUT2D eigenvalue weighted by atomic mass is 16.5. The summed E-state index contributed by atoms with van der Waals surface area (Å²) in [5, 5.41) is 0. The highest BCUT2D eigenvalue weighted by Gasteiger charge is 2.25. The van der Waals surface area contributed by atoms with E-state index < -0.39 is 0 Å². The predicted molar refractivity (Wildman–Crippen MR) is 55.1 cm³/mol. The largest absolute Gasteiger partial charge is 0.500 e. The van der Waals surface area contributed by atoms with E-state index in [0.29, 0.717) is 0 Å². The minimum atomic E-state index is 0.0335. The lowest BCUT2D eigenvalue weighted by Crippen LogP contribution is -2.24. The van der Waals surface area contributed by atoms with E-state index in [9.17, 15) is 0 Å². The van der Waals surface area contributed by atoms with Crippen LogP contribution in [0.4, 0.5) is 0 Å². The Labute approximate surface area is 83.4 Å². The van der Waals surface area contributed by atoms with Crippen molar-refractivity contribution in [1.82, 2.24) is 0 Å². The second kappa shape index (κ2) is 3.70. The number of hydrogen-bond acceptors (Lipinski definition) is 3. The van der Waals surface area contributed by atoms with E-state index in [1.807, 2.05) is 18.2 Å². The third-order valence-corrected chi connectivity index (χ3v) is 2.36. The van der Waals surface area contributed by atoms with Crippen LogP contribution in [-0.4, -0.2) is 26.2 Å². The Morgan fingerprint density at radius 3 is 2.71 bits per heavy atom. The summed E-state index contributed by atoms with van der Waals surface area (Å²) in [6.45, 7) is 0. The number of allylic oxidation sites excluding steroid dienone is 2. The molecule has 0 aromatic rings. The summed E-state index contributed by atoms with van der Waals surface area (Å²) in [7, 11) is 3.30. The van der Waals surface area contributed by atoms with Crippen LogP contribution in [0.25, 0.3) is 0 Å². The predicted octanol–water partition coefficient (Wildman–Crippen LogP) is 1.69. The standard InChI is InChI=1S/C11H13NO2/c1-13-10-5-3-4-8-6-7-9(10)11(12-8)14-2/h3-9H,1-2H3/t8-,9+/m0/s1. The Morgan fingerprint density at radius 2 is 2.00 bits per heavy atom. The molecule has 14 heavy (non-hydrogen) atoms. The van der Waals surface area contributed by atoms with Crippen LogP contribution in [0.1, 0.15) is 0 Å². The topological polar surface area (TPSA) is 30.8 Å². The van der Waals surface area contributed by atoms with E-state index in [4.69, 9.17) is 9.47 Å². The van der Waals surface area contributed by atoms with Gasteiger partial charge in [-0.1, -0.05) is 24.3 Å². The van der Waals surface area contributed by atoms with E-state index in [1.165, 1.54) is 0 Å². The van der Waals surface area contributed by atoms with E-state index in [-0.39, 0.29) is 12.0 Å². The molecule has 3 aliphatic rings. The molecule has 0 N–H and O–H groups in total. The molecule has 0 amide bonds. The van der Waals surface area contributed by atoms with Gasteiger partial charge in [-0.15, -0.1) is 0 Å². The molecular weight excluding hydrogens is 178 g/mol. The number of methoxy groups -OCH3 is 2. The Balaban J connectivity index is 2.40. The van der Waals surface area contributed by atoms with Crippen LogP contribution in [0.3, 0.4) is 0 Å². The van der Waals surface area contributed by atoms with E-state index in [2.05, 4.69) is 17.1 Å². The molecule has 0 fully saturated rings. The zero-order chi connectivity index (χ0) is 9.97. The SMILES string of the molecule is COC1=CC=C[C@H]2C=C[C@H]1C(OC)=N2. The molecule has 1 aliphatic carbocycles. The summed E-state index contributed by atoms with van der Waals surface area (Å²) >= 11 is 0. The molecule has 3 rings (SSSR count). The van der Waals surface area contributed by atoms with Gasteiger partial charge in [0.15, 0.2) is 5.90 Å². The van der Waals surface area contributed by atoms with Crippen LogP contribution in [0.2, 0.25) is 0 Å².